The van der Waals surface area contributed by atoms with Crippen LogP contribution in [0.15, 0.2) is 59.1 Å². The van der Waals surface area contributed by atoms with Gasteiger partial charge in [-0.3, -0.25) is 4.79 Å². The Kier molecular flexibility index (Phi) is 6.45. The molecule has 0 fully saturated rings. The van der Waals surface area contributed by atoms with Crippen molar-refractivity contribution < 1.29 is 18.7 Å². The van der Waals surface area contributed by atoms with E-state index >= 15 is 0 Å². The molecule has 3 rings (SSSR count). The van der Waals surface area contributed by atoms with Gasteiger partial charge in [-0.25, -0.2) is 9.78 Å². The number of rotatable bonds is 7. The number of ether oxygens (including phenoxy) is 1. The Balaban J connectivity index is 1.52. The summed E-state index contributed by atoms with van der Waals surface area (Å²) in [6.07, 6.45) is 2.23. The minimum Gasteiger partial charge on any atom is -0.462 e. The van der Waals surface area contributed by atoms with Gasteiger partial charge in [0.15, 0.2) is 11.7 Å². The first kappa shape index (κ1) is 19.6. The number of halogens is 1. The number of amides is 1. The Bertz CT molecular complexity index is 949. The highest BCUT2D eigenvalue weighted by molar-refractivity contribution is 6.30. The topological polar surface area (TPSA) is 81.4 Å². The van der Waals surface area contributed by atoms with Crippen LogP contribution in [0.5, 0.6) is 0 Å². The standard InChI is InChI=1S/C21H19ClN2O4/c1-2-27-21(26)15-5-9-17(10-6-15)24-19(25)11-12-20-23-13-18(28-20)14-3-7-16(22)8-4-14/h3-10,13H,2,11-12H2,1H3,(H,24,25). The van der Waals surface area contributed by atoms with Gasteiger partial charge >= 0.3 is 5.97 Å². The molecule has 0 spiro atoms. The Hall–Kier alpha value is -3.12. The van der Waals surface area contributed by atoms with Crippen LogP contribution in [0.2, 0.25) is 5.02 Å². The zero-order valence-corrected chi connectivity index (χ0v) is 16.0. The normalized spacial score (nSPS) is 10.5. The molecule has 1 heterocycles. The SMILES string of the molecule is CCOC(=O)c1ccc(NC(=O)CCc2ncc(-c3ccc(Cl)cc3)o2)cc1. The van der Waals surface area contributed by atoms with Crippen LogP contribution in [0.25, 0.3) is 11.3 Å². The zero-order valence-electron chi connectivity index (χ0n) is 15.3. The molecule has 1 N–H and O–H groups in total. The van der Waals surface area contributed by atoms with Crippen molar-refractivity contribution in [3.63, 3.8) is 0 Å². The number of anilines is 1. The first-order chi connectivity index (χ1) is 13.5. The van der Waals surface area contributed by atoms with E-state index in [0.717, 1.165) is 5.56 Å². The van der Waals surface area contributed by atoms with Gasteiger partial charge in [0, 0.05) is 29.1 Å². The van der Waals surface area contributed by atoms with E-state index in [4.69, 9.17) is 20.8 Å². The van der Waals surface area contributed by atoms with Gasteiger partial charge in [0.1, 0.15) is 0 Å². The fraction of sp³-hybridized carbons (Fsp3) is 0.190. The van der Waals surface area contributed by atoms with Crippen molar-refractivity contribution in [3.8, 4) is 11.3 Å². The predicted molar refractivity (Wildman–Crippen MR) is 106 cm³/mol. The summed E-state index contributed by atoms with van der Waals surface area (Å²) in [6.45, 7) is 2.07. The van der Waals surface area contributed by atoms with Crippen LogP contribution in [-0.2, 0) is 16.0 Å². The van der Waals surface area contributed by atoms with Crippen molar-refractivity contribution in [1.82, 2.24) is 4.98 Å². The quantitative estimate of drug-likeness (QED) is 0.581. The smallest absolute Gasteiger partial charge is 0.338 e. The third-order valence-corrected chi connectivity index (χ3v) is 4.18. The summed E-state index contributed by atoms with van der Waals surface area (Å²) in [5.41, 5.74) is 1.91. The summed E-state index contributed by atoms with van der Waals surface area (Å²) in [5, 5.41) is 3.43. The summed E-state index contributed by atoms with van der Waals surface area (Å²) in [6, 6.07) is 13.8. The molecule has 0 saturated heterocycles. The number of esters is 1. The van der Waals surface area contributed by atoms with Gasteiger partial charge in [-0.2, -0.15) is 0 Å². The molecule has 6 nitrogen and oxygen atoms in total. The molecular weight excluding hydrogens is 380 g/mol. The maximum Gasteiger partial charge on any atom is 0.338 e. The fourth-order valence-corrected chi connectivity index (χ4v) is 2.65. The molecule has 0 aliphatic rings. The van der Waals surface area contributed by atoms with E-state index in [1.54, 1.807) is 49.5 Å². The first-order valence-electron chi connectivity index (χ1n) is 8.83. The number of hydrogen-bond acceptors (Lipinski definition) is 5. The molecule has 2 aromatic carbocycles. The van der Waals surface area contributed by atoms with Crippen LogP contribution in [0, 0.1) is 0 Å². The number of benzene rings is 2. The molecule has 28 heavy (non-hydrogen) atoms. The largest absolute Gasteiger partial charge is 0.462 e. The molecule has 1 aromatic heterocycles. The van der Waals surface area contributed by atoms with Gasteiger partial charge in [-0.05, 0) is 55.5 Å². The van der Waals surface area contributed by atoms with E-state index in [1.165, 1.54) is 0 Å². The van der Waals surface area contributed by atoms with Crippen LogP contribution < -0.4 is 5.32 Å². The summed E-state index contributed by atoms with van der Waals surface area (Å²) in [7, 11) is 0. The van der Waals surface area contributed by atoms with Gasteiger partial charge in [-0.15, -0.1) is 0 Å². The lowest BCUT2D eigenvalue weighted by Crippen LogP contribution is -2.12. The monoisotopic (exact) mass is 398 g/mol. The molecular formula is C21H19ClN2O4. The van der Waals surface area contributed by atoms with E-state index < -0.39 is 0 Å². The van der Waals surface area contributed by atoms with E-state index in [9.17, 15) is 9.59 Å². The van der Waals surface area contributed by atoms with Gasteiger partial charge in [-0.1, -0.05) is 11.6 Å². The Labute approximate surface area is 167 Å². The highest BCUT2D eigenvalue weighted by Crippen LogP contribution is 2.22. The number of aryl methyl sites for hydroxylation is 1. The van der Waals surface area contributed by atoms with Gasteiger partial charge in [0.2, 0.25) is 5.91 Å². The van der Waals surface area contributed by atoms with Crippen LogP contribution >= 0.6 is 11.6 Å². The second kappa shape index (κ2) is 9.19. The molecule has 0 atom stereocenters. The summed E-state index contributed by atoms with van der Waals surface area (Å²) in [4.78, 5) is 28.0. The molecule has 1 amide bonds. The Morgan fingerprint density at radius 1 is 1.11 bits per heavy atom. The average molecular weight is 399 g/mol. The molecule has 0 radical (unpaired) electrons. The van der Waals surface area contributed by atoms with Gasteiger partial charge < -0.3 is 14.5 Å². The van der Waals surface area contributed by atoms with Crippen LogP contribution in [0.4, 0.5) is 5.69 Å². The lowest BCUT2D eigenvalue weighted by Gasteiger charge is -2.06. The minimum absolute atomic E-state index is 0.171. The molecule has 0 unspecified atom stereocenters. The first-order valence-corrected chi connectivity index (χ1v) is 9.20. The lowest BCUT2D eigenvalue weighted by molar-refractivity contribution is -0.116. The Morgan fingerprint density at radius 3 is 2.50 bits per heavy atom. The zero-order chi connectivity index (χ0) is 19.9. The molecule has 144 valence electrons. The van der Waals surface area contributed by atoms with Crippen molar-refractivity contribution in [3.05, 3.63) is 71.2 Å². The summed E-state index contributed by atoms with van der Waals surface area (Å²) >= 11 is 5.88. The number of carbonyl (C=O) groups is 2. The van der Waals surface area contributed by atoms with E-state index in [-0.39, 0.29) is 18.3 Å². The number of carbonyl (C=O) groups excluding carboxylic acids is 2. The third-order valence-electron chi connectivity index (χ3n) is 3.93. The molecule has 7 heteroatoms. The van der Waals surface area contributed by atoms with Crippen molar-refractivity contribution in [1.29, 1.82) is 0 Å². The van der Waals surface area contributed by atoms with Gasteiger partial charge in [0.05, 0.1) is 18.4 Å². The van der Waals surface area contributed by atoms with E-state index in [1.807, 2.05) is 12.1 Å². The van der Waals surface area contributed by atoms with Crippen LogP contribution in [0.1, 0.15) is 29.6 Å². The molecule has 3 aromatic rings. The van der Waals surface area contributed by atoms with Crippen molar-refractivity contribution >= 4 is 29.2 Å². The molecule has 0 saturated carbocycles. The van der Waals surface area contributed by atoms with E-state index in [0.29, 0.717) is 41.0 Å². The highest BCUT2D eigenvalue weighted by Gasteiger charge is 2.10. The average Bonchev–Trinajstić information content (AvgIpc) is 3.17. The minimum atomic E-state index is -0.388. The number of aromatic nitrogens is 1. The third kappa shape index (κ3) is 5.20. The summed E-state index contributed by atoms with van der Waals surface area (Å²) in [5.74, 6) is 0.551. The number of nitrogens with one attached hydrogen (secondary N) is 1. The van der Waals surface area contributed by atoms with Crippen LogP contribution in [0.3, 0.4) is 0 Å². The number of oxazole rings is 1. The number of hydrogen-bond donors (Lipinski definition) is 1. The molecule has 0 aliphatic heterocycles. The van der Waals surface area contributed by atoms with Crippen molar-refractivity contribution in [2.45, 2.75) is 19.8 Å². The van der Waals surface area contributed by atoms with Crippen LogP contribution in [-0.4, -0.2) is 23.5 Å². The van der Waals surface area contributed by atoms with E-state index in [2.05, 4.69) is 10.3 Å². The molecule has 0 bridgehead atoms. The summed E-state index contributed by atoms with van der Waals surface area (Å²) < 4.78 is 10.6. The fourth-order valence-electron chi connectivity index (χ4n) is 2.52. The molecule has 0 aliphatic carbocycles. The van der Waals surface area contributed by atoms with Crippen molar-refractivity contribution in [2.24, 2.45) is 0 Å². The van der Waals surface area contributed by atoms with Crippen molar-refractivity contribution in [2.75, 3.05) is 11.9 Å². The maximum absolute atomic E-state index is 12.1. The lowest BCUT2D eigenvalue weighted by atomic mass is 10.2. The second-order valence-corrected chi connectivity index (χ2v) is 6.41. The Morgan fingerprint density at radius 2 is 1.82 bits per heavy atom. The maximum atomic E-state index is 12.1. The predicted octanol–water partition coefficient (Wildman–Crippen LogP) is 4.74. The van der Waals surface area contributed by atoms with Gasteiger partial charge in [0.25, 0.3) is 0 Å². The second-order valence-electron chi connectivity index (χ2n) is 5.97. The number of nitrogens with zero attached hydrogens (tertiary/aromatic N) is 1. The highest BCUT2D eigenvalue weighted by atomic mass is 35.5.